The normalized spacial score (nSPS) is 14.5. The van der Waals surface area contributed by atoms with Crippen LogP contribution in [0.4, 0.5) is 8.78 Å². The smallest absolute Gasteiger partial charge is 0.307 e. The van der Waals surface area contributed by atoms with Crippen molar-refractivity contribution in [2.75, 3.05) is 0 Å². The molecule has 1 aliphatic carbocycles. The van der Waals surface area contributed by atoms with Crippen molar-refractivity contribution in [3.05, 3.63) is 44.2 Å². The van der Waals surface area contributed by atoms with Crippen molar-refractivity contribution in [3.63, 3.8) is 0 Å². The van der Waals surface area contributed by atoms with Gasteiger partial charge in [0.05, 0.1) is 17.3 Å². The zero-order valence-electron chi connectivity index (χ0n) is 11.6. The largest absolute Gasteiger partial charge is 0.481 e. The number of nitrogens with zero attached hydrogens (tertiary/aromatic N) is 1. The van der Waals surface area contributed by atoms with E-state index < -0.39 is 34.5 Å². The van der Waals surface area contributed by atoms with Crippen LogP contribution in [0.3, 0.4) is 0 Å². The van der Waals surface area contributed by atoms with E-state index in [2.05, 4.69) is 0 Å². The van der Waals surface area contributed by atoms with Crippen molar-refractivity contribution in [1.82, 2.24) is 4.57 Å². The molecule has 1 saturated carbocycles. The quantitative estimate of drug-likeness (QED) is 0.881. The number of rotatable bonds is 3. The first kappa shape index (κ1) is 15.0. The first-order valence-corrected chi connectivity index (χ1v) is 7.13. The van der Waals surface area contributed by atoms with Gasteiger partial charge in [-0.15, -0.1) is 0 Å². The van der Waals surface area contributed by atoms with Gasteiger partial charge in [-0.05, 0) is 19.8 Å². The van der Waals surface area contributed by atoms with Crippen LogP contribution in [0.1, 0.15) is 30.0 Å². The van der Waals surface area contributed by atoms with E-state index in [-0.39, 0.29) is 22.5 Å². The molecule has 0 radical (unpaired) electrons. The number of aliphatic carboxylic acids is 1. The molecular formula is C15H12ClF2NO3. The summed E-state index contributed by atoms with van der Waals surface area (Å²) in [6.07, 6.45) is 2.43. The second-order valence-electron chi connectivity index (χ2n) is 5.49. The fourth-order valence-corrected chi connectivity index (χ4v) is 2.87. The Kier molecular flexibility index (Phi) is 3.44. The zero-order valence-corrected chi connectivity index (χ0v) is 12.4. The van der Waals surface area contributed by atoms with Crippen molar-refractivity contribution in [2.24, 2.45) is 0 Å². The van der Waals surface area contributed by atoms with Gasteiger partial charge in [-0.2, -0.15) is 0 Å². The van der Waals surface area contributed by atoms with Crippen LogP contribution in [0, 0.1) is 18.6 Å². The summed E-state index contributed by atoms with van der Waals surface area (Å²) < 4.78 is 30.3. The van der Waals surface area contributed by atoms with E-state index in [9.17, 15) is 18.4 Å². The third kappa shape index (κ3) is 2.18. The highest BCUT2D eigenvalue weighted by atomic mass is 35.5. The number of fused-ring (bicyclic) bond motifs is 1. The lowest BCUT2D eigenvalue weighted by Gasteiger charge is -2.16. The van der Waals surface area contributed by atoms with Crippen LogP contribution in [0.25, 0.3) is 10.9 Å². The number of benzene rings is 1. The standard InChI is InChI=1S/C15H12ClF2NO3/c1-6-5-19(7-2-3-7)14-10(15(6)22)8(4-9(20)21)12(17)11(16)13(14)18/h5,7H,2-4H2,1H3,(H,20,21). The van der Waals surface area contributed by atoms with E-state index in [4.69, 9.17) is 16.7 Å². The molecule has 7 heteroatoms. The molecule has 22 heavy (non-hydrogen) atoms. The summed E-state index contributed by atoms with van der Waals surface area (Å²) in [6.45, 7) is 1.54. The Bertz CT molecular complexity index is 872. The summed E-state index contributed by atoms with van der Waals surface area (Å²) in [5, 5.41) is 7.95. The number of pyridine rings is 1. The Labute approximate surface area is 128 Å². The Morgan fingerprint density at radius 1 is 1.41 bits per heavy atom. The number of carbonyl (C=O) groups is 1. The number of carboxylic acid groups (broad SMARTS) is 1. The molecule has 0 unspecified atom stereocenters. The molecule has 4 nitrogen and oxygen atoms in total. The molecular weight excluding hydrogens is 316 g/mol. The number of hydrogen-bond donors (Lipinski definition) is 1. The number of carboxylic acids is 1. The van der Waals surface area contributed by atoms with Crippen LogP contribution >= 0.6 is 11.6 Å². The Morgan fingerprint density at radius 3 is 2.59 bits per heavy atom. The lowest BCUT2D eigenvalue weighted by Crippen LogP contribution is -2.18. The van der Waals surface area contributed by atoms with Gasteiger partial charge in [-0.25, -0.2) is 8.78 Å². The van der Waals surface area contributed by atoms with Crippen molar-refractivity contribution in [3.8, 4) is 0 Å². The molecule has 1 aromatic heterocycles. The molecule has 0 aliphatic heterocycles. The predicted octanol–water partition coefficient (Wildman–Crippen LogP) is 3.20. The Morgan fingerprint density at radius 2 is 2.05 bits per heavy atom. The summed E-state index contributed by atoms with van der Waals surface area (Å²) >= 11 is 5.68. The van der Waals surface area contributed by atoms with E-state index in [1.807, 2.05) is 0 Å². The highest BCUT2D eigenvalue weighted by molar-refractivity contribution is 6.31. The molecule has 1 heterocycles. The number of aromatic nitrogens is 1. The van der Waals surface area contributed by atoms with Crippen LogP contribution in [0.5, 0.6) is 0 Å². The summed E-state index contributed by atoms with van der Waals surface area (Å²) in [5.41, 5.74) is -0.734. The van der Waals surface area contributed by atoms with Crippen molar-refractivity contribution >= 4 is 28.5 Å². The molecule has 116 valence electrons. The van der Waals surface area contributed by atoms with Crippen LogP contribution < -0.4 is 5.43 Å². The third-order valence-corrected chi connectivity index (χ3v) is 4.17. The van der Waals surface area contributed by atoms with E-state index in [1.54, 1.807) is 4.57 Å². The topological polar surface area (TPSA) is 59.3 Å². The number of hydrogen-bond acceptors (Lipinski definition) is 2. The average Bonchev–Trinajstić information content (AvgIpc) is 3.28. The van der Waals surface area contributed by atoms with Gasteiger partial charge < -0.3 is 9.67 Å². The summed E-state index contributed by atoms with van der Waals surface area (Å²) in [5.74, 6) is -3.52. The molecule has 2 aromatic rings. The van der Waals surface area contributed by atoms with Gasteiger partial charge in [0.1, 0.15) is 10.8 Å². The highest BCUT2D eigenvalue weighted by Crippen LogP contribution is 2.39. The van der Waals surface area contributed by atoms with Gasteiger partial charge >= 0.3 is 5.97 Å². The molecule has 0 atom stereocenters. The fraction of sp³-hybridized carbons (Fsp3) is 0.333. The van der Waals surface area contributed by atoms with Gasteiger partial charge in [-0.3, -0.25) is 9.59 Å². The SMILES string of the molecule is Cc1cn(C2CC2)c2c(F)c(Cl)c(F)c(CC(=O)O)c2c1=O. The maximum absolute atomic E-state index is 14.5. The predicted molar refractivity (Wildman–Crippen MR) is 77.5 cm³/mol. The average molecular weight is 328 g/mol. The van der Waals surface area contributed by atoms with Gasteiger partial charge in [0.15, 0.2) is 11.2 Å². The van der Waals surface area contributed by atoms with E-state index >= 15 is 0 Å². The molecule has 1 N–H and O–H groups in total. The van der Waals surface area contributed by atoms with E-state index in [0.29, 0.717) is 5.56 Å². The maximum Gasteiger partial charge on any atom is 0.307 e. The molecule has 3 rings (SSSR count). The second kappa shape index (κ2) is 5.05. The van der Waals surface area contributed by atoms with Crippen molar-refractivity contribution in [2.45, 2.75) is 32.2 Å². The van der Waals surface area contributed by atoms with Gasteiger partial charge in [0, 0.05) is 23.4 Å². The lowest BCUT2D eigenvalue weighted by molar-refractivity contribution is -0.136. The number of aryl methyl sites for hydroxylation is 1. The molecule has 1 aliphatic rings. The molecule has 0 saturated heterocycles. The first-order valence-electron chi connectivity index (χ1n) is 6.75. The highest BCUT2D eigenvalue weighted by Gasteiger charge is 2.30. The number of halogens is 3. The fourth-order valence-electron chi connectivity index (χ4n) is 2.67. The minimum atomic E-state index is -1.32. The van der Waals surface area contributed by atoms with Crippen LogP contribution in [-0.4, -0.2) is 15.6 Å². The monoisotopic (exact) mass is 327 g/mol. The molecule has 0 bridgehead atoms. The lowest BCUT2D eigenvalue weighted by atomic mass is 10.0. The minimum absolute atomic E-state index is 0.0236. The van der Waals surface area contributed by atoms with Crippen LogP contribution in [0.15, 0.2) is 11.0 Å². The third-order valence-electron chi connectivity index (χ3n) is 3.84. The Hall–Kier alpha value is -1.95. The first-order chi connectivity index (χ1) is 10.3. The van der Waals surface area contributed by atoms with E-state index in [0.717, 1.165) is 12.8 Å². The summed E-state index contributed by atoms with van der Waals surface area (Å²) in [7, 11) is 0. The zero-order chi connectivity index (χ0) is 16.2. The van der Waals surface area contributed by atoms with Crippen LogP contribution in [0.2, 0.25) is 5.02 Å². The van der Waals surface area contributed by atoms with Gasteiger partial charge in [0.2, 0.25) is 0 Å². The van der Waals surface area contributed by atoms with Crippen molar-refractivity contribution < 1.29 is 18.7 Å². The molecule has 1 aromatic carbocycles. The molecule has 0 amide bonds. The maximum atomic E-state index is 14.5. The molecule has 1 fully saturated rings. The molecule has 0 spiro atoms. The minimum Gasteiger partial charge on any atom is -0.481 e. The second-order valence-corrected chi connectivity index (χ2v) is 5.87. The Balaban J connectivity index is 2.53. The van der Waals surface area contributed by atoms with E-state index in [1.165, 1.54) is 13.1 Å². The van der Waals surface area contributed by atoms with Gasteiger partial charge in [-0.1, -0.05) is 11.6 Å². The summed E-state index contributed by atoms with van der Waals surface area (Å²) in [4.78, 5) is 23.3. The van der Waals surface area contributed by atoms with Crippen LogP contribution in [-0.2, 0) is 11.2 Å². The van der Waals surface area contributed by atoms with Crippen molar-refractivity contribution in [1.29, 1.82) is 0 Å². The van der Waals surface area contributed by atoms with Gasteiger partial charge in [0.25, 0.3) is 0 Å². The summed E-state index contributed by atoms with van der Waals surface area (Å²) in [6, 6.07) is 0.0236.